The molecule has 3 N–H and O–H groups in total. The third-order valence-electron chi connectivity index (χ3n) is 2.91. The number of aryl methyl sites for hydroxylation is 1. The van der Waals surface area contributed by atoms with Crippen molar-refractivity contribution in [2.75, 3.05) is 18.0 Å². The van der Waals surface area contributed by atoms with Crippen molar-refractivity contribution in [2.45, 2.75) is 26.3 Å². The SMILES string of the molecule is Cc1nc(N2CCC(N)C2)[nH]c(=O)c1C.Cl. The van der Waals surface area contributed by atoms with Gasteiger partial charge in [0.05, 0.1) is 0 Å². The fourth-order valence-electron chi connectivity index (χ4n) is 1.76. The Kier molecular flexibility index (Phi) is 3.93. The second-order valence-corrected chi connectivity index (χ2v) is 4.09. The first-order valence-electron chi connectivity index (χ1n) is 5.16. The van der Waals surface area contributed by atoms with E-state index in [1.165, 1.54) is 0 Å². The maximum atomic E-state index is 11.5. The van der Waals surface area contributed by atoms with Crippen molar-refractivity contribution in [3.8, 4) is 0 Å². The smallest absolute Gasteiger partial charge is 0.255 e. The molecule has 90 valence electrons. The molecule has 1 aliphatic heterocycles. The van der Waals surface area contributed by atoms with Crippen LogP contribution >= 0.6 is 12.4 Å². The van der Waals surface area contributed by atoms with Crippen LogP contribution in [0.5, 0.6) is 0 Å². The summed E-state index contributed by atoms with van der Waals surface area (Å²) in [6.07, 6.45) is 0.955. The molecule has 5 nitrogen and oxygen atoms in total. The number of hydrogen-bond acceptors (Lipinski definition) is 4. The number of aromatic amines is 1. The summed E-state index contributed by atoms with van der Waals surface area (Å²) in [5.41, 5.74) is 7.22. The Morgan fingerprint density at radius 2 is 2.19 bits per heavy atom. The minimum absolute atomic E-state index is 0. The van der Waals surface area contributed by atoms with E-state index in [-0.39, 0.29) is 24.0 Å². The molecule has 1 saturated heterocycles. The number of anilines is 1. The zero-order valence-corrected chi connectivity index (χ0v) is 10.3. The molecule has 0 amide bonds. The van der Waals surface area contributed by atoms with Crippen molar-refractivity contribution in [3.63, 3.8) is 0 Å². The van der Waals surface area contributed by atoms with Crippen molar-refractivity contribution in [2.24, 2.45) is 5.73 Å². The minimum Gasteiger partial charge on any atom is -0.341 e. The molecule has 1 atom stereocenters. The summed E-state index contributed by atoms with van der Waals surface area (Å²) in [7, 11) is 0. The van der Waals surface area contributed by atoms with E-state index in [0.717, 1.165) is 25.2 Å². The highest BCUT2D eigenvalue weighted by Gasteiger charge is 2.21. The third kappa shape index (κ3) is 2.36. The number of nitrogens with zero attached hydrogens (tertiary/aromatic N) is 2. The van der Waals surface area contributed by atoms with Crippen LogP contribution in [0.25, 0.3) is 0 Å². The van der Waals surface area contributed by atoms with Gasteiger partial charge >= 0.3 is 0 Å². The van der Waals surface area contributed by atoms with Crippen molar-refractivity contribution in [1.82, 2.24) is 9.97 Å². The molecular formula is C10H17ClN4O. The van der Waals surface area contributed by atoms with Gasteiger partial charge in [-0.15, -0.1) is 12.4 Å². The highest BCUT2D eigenvalue weighted by Crippen LogP contribution is 2.14. The Labute approximate surface area is 100 Å². The predicted octanol–water partition coefficient (Wildman–Crippen LogP) is 0.346. The molecule has 0 aromatic carbocycles. The summed E-state index contributed by atoms with van der Waals surface area (Å²) in [5, 5.41) is 0. The van der Waals surface area contributed by atoms with E-state index >= 15 is 0 Å². The molecule has 0 radical (unpaired) electrons. The maximum absolute atomic E-state index is 11.5. The van der Waals surface area contributed by atoms with Crippen LogP contribution < -0.4 is 16.2 Å². The lowest BCUT2D eigenvalue weighted by molar-refractivity contribution is 0.749. The Morgan fingerprint density at radius 1 is 1.50 bits per heavy atom. The molecule has 16 heavy (non-hydrogen) atoms. The van der Waals surface area contributed by atoms with Gasteiger partial charge in [0, 0.05) is 30.4 Å². The lowest BCUT2D eigenvalue weighted by Gasteiger charge is -2.16. The molecule has 1 aliphatic rings. The van der Waals surface area contributed by atoms with Crippen LogP contribution in [0, 0.1) is 13.8 Å². The molecule has 0 aliphatic carbocycles. The van der Waals surface area contributed by atoms with Crippen LogP contribution in [0.3, 0.4) is 0 Å². The van der Waals surface area contributed by atoms with E-state index in [1.54, 1.807) is 6.92 Å². The van der Waals surface area contributed by atoms with E-state index in [9.17, 15) is 4.79 Å². The third-order valence-corrected chi connectivity index (χ3v) is 2.91. The Morgan fingerprint density at radius 3 is 2.69 bits per heavy atom. The van der Waals surface area contributed by atoms with Gasteiger partial charge in [-0.25, -0.2) is 4.98 Å². The second kappa shape index (κ2) is 4.84. The highest BCUT2D eigenvalue weighted by atomic mass is 35.5. The number of rotatable bonds is 1. The zero-order valence-electron chi connectivity index (χ0n) is 9.49. The van der Waals surface area contributed by atoms with Gasteiger partial charge in [-0.2, -0.15) is 0 Å². The van der Waals surface area contributed by atoms with Gasteiger partial charge in [0.2, 0.25) is 5.95 Å². The summed E-state index contributed by atoms with van der Waals surface area (Å²) < 4.78 is 0. The molecule has 0 spiro atoms. The fraction of sp³-hybridized carbons (Fsp3) is 0.600. The first kappa shape index (κ1) is 13.0. The second-order valence-electron chi connectivity index (χ2n) is 4.09. The van der Waals surface area contributed by atoms with E-state index in [0.29, 0.717) is 11.5 Å². The van der Waals surface area contributed by atoms with Crippen molar-refractivity contribution >= 4 is 18.4 Å². The van der Waals surface area contributed by atoms with Gasteiger partial charge in [-0.1, -0.05) is 0 Å². The van der Waals surface area contributed by atoms with Gasteiger partial charge in [-0.3, -0.25) is 9.78 Å². The average molecular weight is 245 g/mol. The number of aromatic nitrogens is 2. The first-order chi connectivity index (χ1) is 7.08. The number of hydrogen-bond donors (Lipinski definition) is 2. The largest absolute Gasteiger partial charge is 0.341 e. The van der Waals surface area contributed by atoms with Crippen molar-refractivity contribution < 1.29 is 0 Å². The minimum atomic E-state index is -0.0574. The predicted molar refractivity (Wildman–Crippen MR) is 66.4 cm³/mol. The summed E-state index contributed by atoms with van der Waals surface area (Å²) in [4.78, 5) is 20.7. The Bertz CT molecular complexity index is 431. The van der Waals surface area contributed by atoms with Gasteiger partial charge in [0.15, 0.2) is 0 Å². The number of halogens is 1. The molecule has 6 heteroatoms. The zero-order chi connectivity index (χ0) is 11.0. The van der Waals surface area contributed by atoms with Gasteiger partial charge < -0.3 is 10.6 Å². The van der Waals surface area contributed by atoms with Gasteiger partial charge in [0.1, 0.15) is 0 Å². The molecule has 1 fully saturated rings. The molecule has 2 heterocycles. The van der Waals surface area contributed by atoms with Crippen LogP contribution in [-0.4, -0.2) is 29.1 Å². The molecule has 1 unspecified atom stereocenters. The van der Waals surface area contributed by atoms with Crippen molar-refractivity contribution in [3.05, 3.63) is 21.6 Å². The van der Waals surface area contributed by atoms with Crippen LogP contribution in [0.1, 0.15) is 17.7 Å². The van der Waals surface area contributed by atoms with Crippen LogP contribution in [-0.2, 0) is 0 Å². The molecule has 1 aromatic rings. The highest BCUT2D eigenvalue weighted by molar-refractivity contribution is 5.85. The van der Waals surface area contributed by atoms with E-state index < -0.39 is 0 Å². The molecule has 1 aromatic heterocycles. The Hall–Kier alpha value is -1.07. The van der Waals surface area contributed by atoms with Crippen LogP contribution in [0.15, 0.2) is 4.79 Å². The Balaban J connectivity index is 0.00000128. The quantitative estimate of drug-likeness (QED) is 0.748. The topological polar surface area (TPSA) is 75.0 Å². The molecule has 0 bridgehead atoms. The average Bonchev–Trinajstić information content (AvgIpc) is 2.60. The molecular weight excluding hydrogens is 228 g/mol. The van der Waals surface area contributed by atoms with E-state index in [1.807, 2.05) is 11.8 Å². The normalized spacial score (nSPS) is 19.7. The van der Waals surface area contributed by atoms with Crippen LogP contribution in [0.2, 0.25) is 0 Å². The number of H-pyrrole nitrogens is 1. The number of nitrogens with one attached hydrogen (secondary N) is 1. The van der Waals surface area contributed by atoms with E-state index in [4.69, 9.17) is 5.73 Å². The van der Waals surface area contributed by atoms with Gasteiger partial charge in [0.25, 0.3) is 5.56 Å². The molecule has 2 rings (SSSR count). The van der Waals surface area contributed by atoms with Gasteiger partial charge in [-0.05, 0) is 20.3 Å². The molecule has 0 saturated carbocycles. The maximum Gasteiger partial charge on any atom is 0.255 e. The lowest BCUT2D eigenvalue weighted by Crippen LogP contribution is -2.29. The van der Waals surface area contributed by atoms with Crippen molar-refractivity contribution in [1.29, 1.82) is 0 Å². The monoisotopic (exact) mass is 244 g/mol. The lowest BCUT2D eigenvalue weighted by atomic mass is 10.3. The fourth-order valence-corrected chi connectivity index (χ4v) is 1.76. The first-order valence-corrected chi connectivity index (χ1v) is 5.16. The summed E-state index contributed by atoms with van der Waals surface area (Å²) in [6, 6.07) is 0.192. The number of nitrogens with two attached hydrogens (primary N) is 1. The summed E-state index contributed by atoms with van der Waals surface area (Å²) in [6.45, 7) is 5.27. The standard InChI is InChI=1S/C10H16N4O.ClH/c1-6-7(2)12-10(13-9(6)15)14-4-3-8(11)5-14;/h8H,3-5,11H2,1-2H3,(H,12,13,15);1H. The van der Waals surface area contributed by atoms with Crippen LogP contribution in [0.4, 0.5) is 5.95 Å². The summed E-state index contributed by atoms with van der Waals surface area (Å²) in [5.74, 6) is 0.649. The summed E-state index contributed by atoms with van der Waals surface area (Å²) >= 11 is 0. The van der Waals surface area contributed by atoms with E-state index in [2.05, 4.69) is 9.97 Å².